The molecule has 178 valence electrons. The molecule has 1 aliphatic rings. The lowest BCUT2D eigenvalue weighted by atomic mass is 10.1. The minimum atomic E-state index is 0.719. The van der Waals surface area contributed by atoms with Gasteiger partial charge in [0.25, 0.3) is 0 Å². The number of fused-ring (bicyclic) bond motifs is 2. The van der Waals surface area contributed by atoms with Gasteiger partial charge in [0.05, 0.1) is 22.4 Å². The lowest BCUT2D eigenvalue weighted by molar-refractivity contribution is 0.313. The van der Waals surface area contributed by atoms with Crippen LogP contribution in [0.15, 0.2) is 48.8 Å². The van der Waals surface area contributed by atoms with E-state index in [-0.39, 0.29) is 0 Å². The van der Waals surface area contributed by atoms with Crippen molar-refractivity contribution in [1.82, 2.24) is 40.3 Å². The minimum Gasteiger partial charge on any atom is -0.367 e. The fourth-order valence-electron chi connectivity index (χ4n) is 4.65. The van der Waals surface area contributed by atoms with E-state index in [2.05, 4.69) is 73.5 Å². The van der Waals surface area contributed by atoms with Gasteiger partial charge in [0.1, 0.15) is 11.0 Å². The molecule has 9 nitrogen and oxygen atoms in total. The Labute approximate surface area is 203 Å². The predicted octanol–water partition coefficient (Wildman–Crippen LogP) is 3.42. The molecule has 35 heavy (non-hydrogen) atoms. The Kier molecular flexibility index (Phi) is 5.63. The molecular weight excluding hydrogens is 438 g/mol. The number of aromatic amines is 2. The van der Waals surface area contributed by atoms with Gasteiger partial charge < -0.3 is 20.1 Å². The van der Waals surface area contributed by atoms with E-state index in [1.165, 1.54) is 0 Å². The summed E-state index contributed by atoms with van der Waals surface area (Å²) in [5.41, 5.74) is 8.50. The Morgan fingerprint density at radius 2 is 1.86 bits per heavy atom. The van der Waals surface area contributed by atoms with Crippen molar-refractivity contribution >= 4 is 27.8 Å². The second kappa shape index (κ2) is 9.09. The lowest BCUT2D eigenvalue weighted by Crippen LogP contribution is -2.44. The van der Waals surface area contributed by atoms with Gasteiger partial charge in [-0.2, -0.15) is 5.10 Å². The summed E-state index contributed by atoms with van der Waals surface area (Å²) in [4.78, 5) is 22.6. The highest BCUT2D eigenvalue weighted by atomic mass is 15.3. The molecule has 0 atom stereocenters. The third-order valence-corrected chi connectivity index (χ3v) is 6.64. The number of nitrogens with zero attached hydrogens (tertiary/aromatic N) is 6. The molecule has 1 saturated heterocycles. The minimum absolute atomic E-state index is 0.719. The number of pyridine rings is 2. The van der Waals surface area contributed by atoms with Crippen molar-refractivity contribution < 1.29 is 0 Å². The first kappa shape index (κ1) is 21.7. The van der Waals surface area contributed by atoms with Gasteiger partial charge in [0, 0.05) is 50.7 Å². The van der Waals surface area contributed by atoms with Crippen molar-refractivity contribution in [3.05, 3.63) is 54.4 Å². The van der Waals surface area contributed by atoms with Crippen molar-refractivity contribution in [2.45, 2.75) is 13.5 Å². The molecular formula is C26H29N9. The molecule has 9 heteroatoms. The zero-order valence-corrected chi connectivity index (χ0v) is 20.0. The molecule has 3 N–H and O–H groups in total. The molecule has 5 heterocycles. The zero-order valence-electron chi connectivity index (χ0n) is 20.0. The average Bonchev–Trinajstić information content (AvgIpc) is 3.51. The fraction of sp³-hybridized carbons (Fsp3) is 0.308. The van der Waals surface area contributed by atoms with E-state index in [1.807, 2.05) is 24.5 Å². The largest absolute Gasteiger partial charge is 0.367 e. The fourth-order valence-corrected chi connectivity index (χ4v) is 4.65. The molecule has 1 aromatic carbocycles. The van der Waals surface area contributed by atoms with Crippen LogP contribution in [-0.4, -0.2) is 74.8 Å². The highest BCUT2D eigenvalue weighted by molar-refractivity contribution is 5.95. The van der Waals surface area contributed by atoms with Crippen LogP contribution < -0.4 is 10.2 Å². The van der Waals surface area contributed by atoms with E-state index in [9.17, 15) is 0 Å². The first-order valence-corrected chi connectivity index (χ1v) is 12.1. The van der Waals surface area contributed by atoms with Gasteiger partial charge >= 0.3 is 0 Å². The van der Waals surface area contributed by atoms with E-state index in [0.29, 0.717) is 0 Å². The Balaban J connectivity index is 1.38. The predicted molar refractivity (Wildman–Crippen MR) is 139 cm³/mol. The first-order valence-electron chi connectivity index (χ1n) is 12.1. The van der Waals surface area contributed by atoms with Crippen LogP contribution in [0.3, 0.4) is 0 Å². The Bertz CT molecular complexity index is 1480. The molecule has 5 aromatic rings. The average molecular weight is 468 g/mol. The Morgan fingerprint density at radius 3 is 2.71 bits per heavy atom. The van der Waals surface area contributed by atoms with E-state index >= 15 is 0 Å². The van der Waals surface area contributed by atoms with E-state index < -0.39 is 0 Å². The maximum atomic E-state index is 5.00. The Hall–Kier alpha value is -3.82. The molecule has 1 fully saturated rings. The Morgan fingerprint density at radius 1 is 0.971 bits per heavy atom. The van der Waals surface area contributed by atoms with Crippen molar-refractivity contribution in [2.75, 3.05) is 44.7 Å². The molecule has 4 aromatic heterocycles. The van der Waals surface area contributed by atoms with E-state index in [4.69, 9.17) is 9.97 Å². The number of para-hydroxylation sites is 1. The number of anilines is 1. The van der Waals surface area contributed by atoms with Gasteiger partial charge in [-0.1, -0.05) is 13.0 Å². The summed E-state index contributed by atoms with van der Waals surface area (Å²) in [7, 11) is 2.17. The molecule has 0 saturated carbocycles. The molecule has 6 rings (SSSR count). The molecule has 0 spiro atoms. The summed E-state index contributed by atoms with van der Waals surface area (Å²) >= 11 is 0. The smallest absolute Gasteiger partial charge is 0.161 e. The standard InChI is InChI=1S/C26H29N9/c1-3-27-14-17-13-18(16-28-15-17)19-7-8-21-24(29-19)25(33-32-21)26-30-20-5-4-6-22(23(20)31-26)35-11-9-34(2)10-12-35/h4-8,13,15-16,27H,3,9-12,14H2,1-2H3,(H,30,31)(H,32,33). The lowest BCUT2D eigenvalue weighted by Gasteiger charge is -2.34. The van der Waals surface area contributed by atoms with Gasteiger partial charge in [-0.05, 0) is 49.5 Å². The first-order chi connectivity index (χ1) is 17.2. The summed E-state index contributed by atoms with van der Waals surface area (Å²) in [5, 5.41) is 11.0. The number of H-pyrrole nitrogens is 2. The molecule has 0 aliphatic carbocycles. The summed E-state index contributed by atoms with van der Waals surface area (Å²) in [5.74, 6) is 0.719. The molecule has 1 aliphatic heterocycles. The number of nitrogens with one attached hydrogen (secondary N) is 3. The van der Waals surface area contributed by atoms with Gasteiger partial charge in [-0.15, -0.1) is 0 Å². The maximum absolute atomic E-state index is 5.00. The monoisotopic (exact) mass is 467 g/mol. The zero-order chi connectivity index (χ0) is 23.8. The van der Waals surface area contributed by atoms with Gasteiger partial charge in [0.2, 0.25) is 0 Å². The second-order valence-corrected chi connectivity index (χ2v) is 9.08. The van der Waals surface area contributed by atoms with E-state index in [1.54, 1.807) is 0 Å². The topological polar surface area (TPSA) is 102 Å². The summed E-state index contributed by atoms with van der Waals surface area (Å²) in [6.07, 6.45) is 3.74. The number of likely N-dealkylation sites (N-methyl/N-ethyl adjacent to an activating group) is 1. The number of benzene rings is 1. The highest BCUT2D eigenvalue weighted by Gasteiger charge is 2.20. The van der Waals surface area contributed by atoms with Crippen LogP contribution in [0.2, 0.25) is 0 Å². The normalized spacial score (nSPS) is 14.9. The molecule has 0 radical (unpaired) electrons. The van der Waals surface area contributed by atoms with Crippen LogP contribution >= 0.6 is 0 Å². The van der Waals surface area contributed by atoms with Crippen LogP contribution in [0.5, 0.6) is 0 Å². The molecule has 0 amide bonds. The summed E-state index contributed by atoms with van der Waals surface area (Å²) in [6.45, 7) is 7.89. The van der Waals surface area contributed by atoms with Crippen LogP contribution in [0.25, 0.3) is 44.8 Å². The number of imidazole rings is 1. The van der Waals surface area contributed by atoms with Gasteiger partial charge in [-0.25, -0.2) is 9.97 Å². The van der Waals surface area contributed by atoms with Gasteiger partial charge in [0.15, 0.2) is 11.5 Å². The quantitative estimate of drug-likeness (QED) is 0.352. The second-order valence-electron chi connectivity index (χ2n) is 9.08. The number of hydrogen-bond acceptors (Lipinski definition) is 7. The molecule has 0 unspecified atom stereocenters. The number of rotatable bonds is 6. The number of aromatic nitrogens is 6. The van der Waals surface area contributed by atoms with Crippen molar-refractivity contribution in [3.63, 3.8) is 0 Å². The van der Waals surface area contributed by atoms with Crippen LogP contribution in [0.4, 0.5) is 5.69 Å². The molecule has 0 bridgehead atoms. The third kappa shape index (κ3) is 4.13. The maximum Gasteiger partial charge on any atom is 0.161 e. The van der Waals surface area contributed by atoms with E-state index in [0.717, 1.165) is 95.4 Å². The van der Waals surface area contributed by atoms with Crippen molar-refractivity contribution in [2.24, 2.45) is 0 Å². The van der Waals surface area contributed by atoms with Crippen LogP contribution in [0, 0.1) is 0 Å². The summed E-state index contributed by atoms with van der Waals surface area (Å²) in [6, 6.07) is 12.5. The van der Waals surface area contributed by atoms with Crippen molar-refractivity contribution in [3.8, 4) is 22.8 Å². The SMILES string of the molecule is CCNCc1cncc(-c2ccc3[nH]nc(-c4nc5c(N6CCN(C)CC6)cccc5[nH]4)c3n2)c1. The third-order valence-electron chi connectivity index (χ3n) is 6.64. The van der Waals surface area contributed by atoms with Crippen molar-refractivity contribution in [1.29, 1.82) is 0 Å². The summed E-state index contributed by atoms with van der Waals surface area (Å²) < 4.78 is 0. The van der Waals surface area contributed by atoms with Gasteiger partial charge in [-0.3, -0.25) is 10.1 Å². The highest BCUT2D eigenvalue weighted by Crippen LogP contribution is 2.31. The number of piperazine rings is 1. The van der Waals surface area contributed by atoms with Crippen LogP contribution in [-0.2, 0) is 6.54 Å². The van der Waals surface area contributed by atoms with Crippen LogP contribution in [0.1, 0.15) is 12.5 Å². The number of hydrogen-bond donors (Lipinski definition) is 3.